The molecule has 0 saturated heterocycles. The molecule has 3 atom stereocenters. The predicted molar refractivity (Wildman–Crippen MR) is 242 cm³/mol. The van der Waals surface area contributed by atoms with Crippen LogP contribution in [0.15, 0.2) is 47.3 Å². The Hall–Kier alpha value is -7.10. The smallest absolute Gasteiger partial charge is 0.343 e. The van der Waals surface area contributed by atoms with Gasteiger partial charge in [-0.15, -0.1) is 0 Å². The molecule has 2 aromatic heterocycles. The van der Waals surface area contributed by atoms with Gasteiger partial charge in [0.2, 0.25) is 29.5 Å². The van der Waals surface area contributed by atoms with Crippen molar-refractivity contribution in [1.29, 1.82) is 0 Å². The number of primary amides is 1. The molecule has 68 heavy (non-hydrogen) atoms. The second-order valence-corrected chi connectivity index (χ2v) is 17.3. The third kappa shape index (κ3) is 10.1. The van der Waals surface area contributed by atoms with Crippen molar-refractivity contribution < 1.29 is 52.9 Å². The van der Waals surface area contributed by atoms with Gasteiger partial charge in [-0.1, -0.05) is 37.3 Å². The highest BCUT2D eigenvalue weighted by Crippen LogP contribution is 2.46. The summed E-state index contributed by atoms with van der Waals surface area (Å²) in [5, 5.41) is 29.3. The van der Waals surface area contributed by atoms with Gasteiger partial charge in [-0.3, -0.25) is 38.5 Å². The number of nitrogens with one attached hydrogen (secondary N) is 3. The van der Waals surface area contributed by atoms with Crippen LogP contribution in [0.1, 0.15) is 77.6 Å². The van der Waals surface area contributed by atoms with Crippen LogP contribution in [-0.2, 0) is 69.9 Å². The Balaban J connectivity index is 1.08. The molecule has 0 fully saturated rings. The van der Waals surface area contributed by atoms with E-state index in [4.69, 9.17) is 26.3 Å². The van der Waals surface area contributed by atoms with Gasteiger partial charge in [-0.2, -0.15) is 0 Å². The van der Waals surface area contributed by atoms with Crippen LogP contribution in [0, 0.1) is 12.7 Å². The van der Waals surface area contributed by atoms with Crippen LogP contribution in [-0.4, -0.2) is 123 Å². The van der Waals surface area contributed by atoms with E-state index in [1.807, 2.05) is 0 Å². The number of carbonyl (C=O) groups excluding carboxylic acids is 6. The van der Waals surface area contributed by atoms with E-state index in [2.05, 4.69) is 16.0 Å². The van der Waals surface area contributed by atoms with Crippen molar-refractivity contribution >= 4 is 52.4 Å². The number of halogens is 1. The number of carboxylic acid groups (broad SMARTS) is 1. The van der Waals surface area contributed by atoms with Gasteiger partial charge in [0.1, 0.15) is 18.5 Å². The zero-order chi connectivity index (χ0) is 49.0. The van der Waals surface area contributed by atoms with Gasteiger partial charge < -0.3 is 51.8 Å². The van der Waals surface area contributed by atoms with Crippen LogP contribution in [0.3, 0.4) is 0 Å². The highest BCUT2D eigenvalue weighted by Gasteiger charge is 2.46. The van der Waals surface area contributed by atoms with Crippen molar-refractivity contribution in [3.63, 3.8) is 0 Å². The van der Waals surface area contributed by atoms with Crippen LogP contribution >= 0.6 is 0 Å². The summed E-state index contributed by atoms with van der Waals surface area (Å²) in [6, 6.07) is 9.78. The van der Waals surface area contributed by atoms with E-state index < -0.39 is 90.2 Å². The molecule has 20 nitrogen and oxygen atoms in total. The predicted octanol–water partition coefficient (Wildman–Crippen LogP) is -0.0863. The number of ether oxygens (including phenoxy) is 1. The lowest BCUT2D eigenvalue weighted by Gasteiger charge is -2.31. The van der Waals surface area contributed by atoms with Crippen molar-refractivity contribution in [2.75, 3.05) is 45.8 Å². The number of aromatic nitrogens is 2. The molecule has 21 heteroatoms. The van der Waals surface area contributed by atoms with Gasteiger partial charge >= 0.3 is 11.9 Å². The van der Waals surface area contributed by atoms with Gasteiger partial charge in [0.05, 0.1) is 61.2 Å². The Morgan fingerprint density at radius 2 is 1.76 bits per heavy atom. The number of esters is 1. The number of fused-ring (bicyclic) bond motifs is 5. The van der Waals surface area contributed by atoms with E-state index in [0.29, 0.717) is 57.4 Å². The van der Waals surface area contributed by atoms with Crippen LogP contribution in [0.4, 0.5) is 4.39 Å². The number of benzene rings is 2. The minimum absolute atomic E-state index is 0.000750. The van der Waals surface area contributed by atoms with Crippen molar-refractivity contribution in [3.8, 4) is 11.4 Å². The van der Waals surface area contributed by atoms with E-state index in [1.165, 1.54) is 15.5 Å². The number of cyclic esters (lactones) is 1. The third-order valence-electron chi connectivity index (χ3n) is 12.7. The SMILES string of the molecule is CC[C@@]1(O)C(=O)OCc2c1cc1n(c2=O)Cc2c-1nc1cc(F)c(C)c3c1c2[C@@H](NC(=O)CCCN(CC(N)=O)C(=O)[C@H](Cc1ccccc1)NC(=O)CNC(=O)CN(CCN)CC(=O)O)CC3. The van der Waals surface area contributed by atoms with E-state index in [-0.39, 0.29) is 76.1 Å². The molecule has 4 aromatic rings. The average molecular weight is 940 g/mol. The highest BCUT2D eigenvalue weighted by molar-refractivity contribution is 5.95. The molecule has 1 aliphatic carbocycles. The molecule has 5 amide bonds. The summed E-state index contributed by atoms with van der Waals surface area (Å²) in [6.45, 7) is 1.25. The van der Waals surface area contributed by atoms with Crippen molar-refractivity contribution in [3.05, 3.63) is 97.6 Å². The number of aliphatic carboxylic acids is 1. The van der Waals surface area contributed by atoms with Crippen molar-refractivity contribution in [1.82, 2.24) is 35.3 Å². The molecule has 0 unspecified atom stereocenters. The van der Waals surface area contributed by atoms with Crippen molar-refractivity contribution in [2.24, 2.45) is 11.5 Å². The van der Waals surface area contributed by atoms with E-state index >= 15 is 4.39 Å². The van der Waals surface area contributed by atoms with Gasteiger partial charge in [0, 0.05) is 55.1 Å². The molecule has 0 saturated carbocycles. The summed E-state index contributed by atoms with van der Waals surface area (Å²) in [7, 11) is 0. The summed E-state index contributed by atoms with van der Waals surface area (Å²) in [5.41, 5.74) is 12.9. The number of hydrogen-bond donors (Lipinski definition) is 7. The summed E-state index contributed by atoms with van der Waals surface area (Å²) in [5.74, 6) is -5.81. The molecule has 4 heterocycles. The Labute approximate surface area is 389 Å². The molecular weight excluding hydrogens is 886 g/mol. The lowest BCUT2D eigenvalue weighted by Crippen LogP contribution is -2.53. The molecular formula is C47H54FN9O11. The number of hydrogen-bond acceptors (Lipinski definition) is 13. The first-order valence-corrected chi connectivity index (χ1v) is 22.4. The maximum atomic E-state index is 15.4. The maximum Gasteiger partial charge on any atom is 0.343 e. The summed E-state index contributed by atoms with van der Waals surface area (Å²) < 4.78 is 22.1. The van der Waals surface area contributed by atoms with Crippen LogP contribution in [0.5, 0.6) is 0 Å². The molecule has 0 spiro atoms. The number of nitrogens with two attached hydrogens (primary N) is 2. The second kappa shape index (κ2) is 20.4. The number of rotatable bonds is 20. The highest BCUT2D eigenvalue weighted by atomic mass is 19.1. The Morgan fingerprint density at radius 3 is 2.46 bits per heavy atom. The van der Waals surface area contributed by atoms with E-state index in [9.17, 15) is 43.5 Å². The normalized spacial score (nSPS) is 17.1. The quantitative estimate of drug-likeness (QED) is 0.0503. The number of aliphatic hydroxyl groups is 1. The lowest BCUT2D eigenvalue weighted by molar-refractivity contribution is -0.172. The number of nitrogens with zero attached hydrogens (tertiary/aromatic N) is 4. The number of amides is 5. The largest absolute Gasteiger partial charge is 0.480 e. The minimum Gasteiger partial charge on any atom is -0.480 e. The van der Waals surface area contributed by atoms with E-state index in [0.717, 1.165) is 10.5 Å². The van der Waals surface area contributed by atoms with Crippen molar-refractivity contribution in [2.45, 2.75) is 83.2 Å². The molecule has 3 aliphatic rings. The molecule has 360 valence electrons. The minimum atomic E-state index is -2.06. The Kier molecular flexibility index (Phi) is 14.7. The van der Waals surface area contributed by atoms with Crippen LogP contribution < -0.4 is 33.0 Å². The standard InChI is InChI=1S/C47H54FN9O11/c1-3-47(67)30-17-35-43-28(20-57(35)44(64)29(30)24-68-46(47)66)42-32(12-11-27-25(2)31(48)18-33(54-43)41(27)42)52-37(59)10-7-14-56(21-36(50)58)45(65)34(16-26-8-5-4-6-9-26)53-38(60)19-51-39(61)22-55(15-13-49)23-40(62)63/h4-6,8-9,17-18,32,34,67H,3,7,10-16,19-24,49H2,1-2H3,(H2,50,58)(H,51,61)(H,52,59)(H,53,60)(H,62,63)/t32-,34-,47-/m0/s1. The third-order valence-corrected chi connectivity index (χ3v) is 12.7. The number of pyridine rings is 2. The first-order valence-electron chi connectivity index (χ1n) is 22.4. The first-order chi connectivity index (χ1) is 32.4. The first kappa shape index (κ1) is 48.8. The van der Waals surface area contributed by atoms with Crippen LogP contribution in [0.2, 0.25) is 0 Å². The van der Waals surface area contributed by atoms with Gasteiger partial charge in [-0.25, -0.2) is 14.2 Å². The molecule has 0 bridgehead atoms. The summed E-state index contributed by atoms with van der Waals surface area (Å²) in [4.78, 5) is 111. The zero-order valence-corrected chi connectivity index (χ0v) is 37.7. The Bertz CT molecular complexity index is 2770. The maximum absolute atomic E-state index is 15.4. The molecule has 9 N–H and O–H groups in total. The summed E-state index contributed by atoms with van der Waals surface area (Å²) >= 11 is 0. The topological polar surface area (TPSA) is 299 Å². The average Bonchev–Trinajstić information content (AvgIpc) is 3.67. The van der Waals surface area contributed by atoms with Gasteiger partial charge in [0.15, 0.2) is 5.60 Å². The Morgan fingerprint density at radius 1 is 1.01 bits per heavy atom. The fraction of sp³-hybridized carbons (Fsp3) is 0.426. The number of carboxylic acids is 1. The second-order valence-electron chi connectivity index (χ2n) is 17.3. The zero-order valence-electron chi connectivity index (χ0n) is 37.7. The number of aryl methyl sites for hydroxylation is 1. The number of carbonyl (C=O) groups is 7. The monoisotopic (exact) mass is 939 g/mol. The molecule has 2 aliphatic heterocycles. The fourth-order valence-corrected chi connectivity index (χ4v) is 9.39. The lowest BCUT2D eigenvalue weighted by atomic mass is 9.81. The molecule has 0 radical (unpaired) electrons. The molecule has 7 rings (SSSR count). The fourth-order valence-electron chi connectivity index (χ4n) is 9.39. The summed E-state index contributed by atoms with van der Waals surface area (Å²) in [6.07, 6.45) is 0.663. The van der Waals surface area contributed by atoms with Gasteiger partial charge in [0.25, 0.3) is 5.56 Å². The van der Waals surface area contributed by atoms with E-state index in [1.54, 1.807) is 50.2 Å². The molecule has 2 aromatic carbocycles. The van der Waals surface area contributed by atoms with Crippen LogP contribution in [0.25, 0.3) is 22.3 Å². The van der Waals surface area contributed by atoms with Gasteiger partial charge in [-0.05, 0) is 60.9 Å².